The summed E-state index contributed by atoms with van der Waals surface area (Å²) < 4.78 is 34.9. The third kappa shape index (κ3) is 6.24. The van der Waals surface area contributed by atoms with E-state index in [-0.39, 0.29) is 53.4 Å². The van der Waals surface area contributed by atoms with Crippen LogP contribution in [-0.2, 0) is 28.6 Å². The summed E-state index contributed by atoms with van der Waals surface area (Å²) in [5.74, 6) is -0.765. The Hall–Kier alpha value is -1.90. The maximum absolute atomic E-state index is 17.5. The molecule has 4 rings (SSSR count). The van der Waals surface area contributed by atoms with Gasteiger partial charge in [-0.3, -0.25) is 14.4 Å². The van der Waals surface area contributed by atoms with E-state index in [0.29, 0.717) is 51.9 Å². The molecule has 3 saturated carbocycles. The predicted octanol–water partition coefficient (Wildman–Crippen LogP) is 6.47. The van der Waals surface area contributed by atoms with Gasteiger partial charge in [-0.05, 0) is 116 Å². The van der Waals surface area contributed by atoms with Crippen molar-refractivity contribution in [1.29, 1.82) is 0 Å². The number of halogens is 1. The van der Waals surface area contributed by atoms with Crippen LogP contribution >= 0.6 is 0 Å². The molecule has 7 nitrogen and oxygen atoms in total. The molecule has 3 fully saturated rings. The number of ether oxygens (including phenoxy) is 3. The van der Waals surface area contributed by atoms with Crippen molar-refractivity contribution in [1.82, 2.24) is 0 Å². The number of fused-ring (bicyclic) bond motifs is 5. The molecule has 2 N–H and O–H groups in total. The van der Waals surface area contributed by atoms with Crippen molar-refractivity contribution in [2.75, 3.05) is 26.4 Å². The van der Waals surface area contributed by atoms with E-state index in [0.717, 1.165) is 18.4 Å². The van der Waals surface area contributed by atoms with Crippen LogP contribution in [0.2, 0.25) is 0 Å². The van der Waals surface area contributed by atoms with Crippen molar-refractivity contribution in [3.63, 3.8) is 0 Å². The first-order valence-corrected chi connectivity index (χ1v) is 16.6. The van der Waals surface area contributed by atoms with E-state index in [1.54, 1.807) is 12.2 Å². The van der Waals surface area contributed by atoms with Gasteiger partial charge in [-0.2, -0.15) is 0 Å². The molecule has 0 amide bonds. The van der Waals surface area contributed by atoms with Gasteiger partial charge in [0, 0.05) is 23.2 Å². The highest BCUT2D eigenvalue weighted by molar-refractivity contribution is 6.01. The Kier molecular flexibility index (Phi) is 9.83. The zero-order chi connectivity index (χ0) is 32.8. The Labute approximate surface area is 263 Å². The topological polar surface area (TPSA) is 105 Å². The molecular weight excluding hydrogens is 561 g/mol. The first-order valence-electron chi connectivity index (χ1n) is 16.6. The fraction of sp³-hybridized carbons (Fsp3) is 0.806. The van der Waals surface area contributed by atoms with Crippen LogP contribution in [0.3, 0.4) is 0 Å². The predicted molar refractivity (Wildman–Crippen MR) is 169 cm³/mol. The molecule has 7 atom stereocenters. The minimum Gasteiger partial charge on any atom is -0.458 e. The summed E-state index contributed by atoms with van der Waals surface area (Å²) in [7, 11) is 0. The van der Waals surface area contributed by atoms with Gasteiger partial charge >= 0.3 is 5.97 Å². The van der Waals surface area contributed by atoms with Crippen LogP contribution < -0.4 is 5.73 Å². The Morgan fingerprint density at radius 1 is 1.02 bits per heavy atom. The third-order valence-corrected chi connectivity index (χ3v) is 12.1. The van der Waals surface area contributed by atoms with Crippen molar-refractivity contribution in [2.45, 2.75) is 124 Å². The van der Waals surface area contributed by atoms with Gasteiger partial charge in [0.1, 0.15) is 12.3 Å². The highest BCUT2D eigenvalue weighted by Crippen LogP contribution is 2.74. The summed E-state index contributed by atoms with van der Waals surface area (Å²) in [4.78, 5) is 38.6. The zero-order valence-corrected chi connectivity index (χ0v) is 28.4. The second-order valence-corrected chi connectivity index (χ2v) is 16.0. The second-order valence-electron chi connectivity index (χ2n) is 16.0. The average Bonchev–Trinajstić information content (AvgIpc) is 3.22. The van der Waals surface area contributed by atoms with Gasteiger partial charge in [0.2, 0.25) is 0 Å². The first-order chi connectivity index (χ1) is 20.3. The van der Waals surface area contributed by atoms with Gasteiger partial charge in [0.05, 0.1) is 24.4 Å². The van der Waals surface area contributed by atoms with Crippen molar-refractivity contribution in [2.24, 2.45) is 39.7 Å². The van der Waals surface area contributed by atoms with Crippen LogP contribution in [-0.4, -0.2) is 60.8 Å². The van der Waals surface area contributed by atoms with Crippen molar-refractivity contribution in [3.05, 3.63) is 23.8 Å². The van der Waals surface area contributed by atoms with Gasteiger partial charge in [-0.1, -0.05) is 32.4 Å². The summed E-state index contributed by atoms with van der Waals surface area (Å²) in [6, 6.07) is 0. The van der Waals surface area contributed by atoms with Crippen LogP contribution in [0.1, 0.15) is 107 Å². The van der Waals surface area contributed by atoms with Gasteiger partial charge in [0.25, 0.3) is 0 Å². The van der Waals surface area contributed by atoms with Gasteiger partial charge in [0.15, 0.2) is 11.6 Å². The fourth-order valence-electron chi connectivity index (χ4n) is 9.56. The second kappa shape index (κ2) is 12.4. The Balaban J connectivity index is 1.33. The number of carbonyl (C=O) groups is 3. The van der Waals surface area contributed by atoms with Crippen LogP contribution in [0.15, 0.2) is 23.8 Å². The molecule has 0 spiro atoms. The number of esters is 1. The SMILES string of the molecule is C[C@@H]1C[C@@H]2[C@](C)(CC[C@]3(F)[C@@]4(C)C=CC(=O)C=C4CC[C@@]23C)[C@H]1C(=O)COC(=O)CCC(C)(C)OCCOC(C)(C)CCN. The highest BCUT2D eigenvalue weighted by Gasteiger charge is 2.73. The van der Waals surface area contributed by atoms with Crippen molar-refractivity contribution >= 4 is 17.5 Å². The van der Waals surface area contributed by atoms with E-state index >= 15 is 4.39 Å². The first kappa shape index (κ1) is 35.0. The molecule has 0 unspecified atom stereocenters. The van der Waals surface area contributed by atoms with E-state index in [2.05, 4.69) is 20.8 Å². The zero-order valence-electron chi connectivity index (χ0n) is 28.4. The fourth-order valence-corrected chi connectivity index (χ4v) is 9.56. The molecule has 0 bridgehead atoms. The molecule has 0 saturated heterocycles. The van der Waals surface area contributed by atoms with Gasteiger partial charge < -0.3 is 19.9 Å². The van der Waals surface area contributed by atoms with E-state index in [1.165, 1.54) is 6.08 Å². The third-order valence-electron chi connectivity index (χ3n) is 12.1. The summed E-state index contributed by atoms with van der Waals surface area (Å²) in [5.41, 5.74) is 2.35. The van der Waals surface area contributed by atoms with E-state index in [1.807, 2.05) is 34.6 Å². The van der Waals surface area contributed by atoms with Gasteiger partial charge in [-0.15, -0.1) is 0 Å². The summed E-state index contributed by atoms with van der Waals surface area (Å²) in [6.45, 7) is 17.3. The van der Waals surface area contributed by atoms with Gasteiger partial charge in [-0.25, -0.2) is 4.39 Å². The van der Waals surface area contributed by atoms with Crippen LogP contribution in [0.25, 0.3) is 0 Å². The smallest absolute Gasteiger partial charge is 0.306 e. The molecule has 0 radical (unpaired) electrons. The molecule has 4 aliphatic rings. The molecule has 0 aliphatic heterocycles. The summed E-state index contributed by atoms with van der Waals surface area (Å²) in [6.07, 6.45) is 9.35. The monoisotopic (exact) mass is 617 g/mol. The van der Waals surface area contributed by atoms with Crippen LogP contribution in [0, 0.1) is 34.0 Å². The lowest BCUT2D eigenvalue weighted by Gasteiger charge is -2.65. The Morgan fingerprint density at radius 3 is 2.30 bits per heavy atom. The number of rotatable bonds is 13. The standard InChI is InChI=1S/C36H56FNO6/c1-24-21-28-33(6,15-16-36(37)34(7)14-10-26(39)22-25(34)9-13-35(28,36)8)30(24)27(40)23-42-29(41)11-12-31(2,3)43-19-20-44-32(4,5)17-18-38/h10,14,22,24,28,30H,9,11-13,15-21,23,38H2,1-8H3/t24-,28-,30-,33+,34+,35+,36+/m1/s1. The molecule has 248 valence electrons. The summed E-state index contributed by atoms with van der Waals surface area (Å²) >= 11 is 0. The average molecular weight is 618 g/mol. The molecule has 0 aromatic heterocycles. The lowest BCUT2D eigenvalue weighted by Crippen LogP contribution is -2.65. The number of alkyl halides is 1. The number of hydrogen-bond donors (Lipinski definition) is 1. The van der Waals surface area contributed by atoms with Crippen molar-refractivity contribution < 1.29 is 33.0 Å². The Bertz CT molecular complexity index is 1190. The number of Topliss-reactive ketones (excluding diaryl/α,β-unsaturated/α-hetero) is 1. The number of carbonyl (C=O) groups excluding carboxylic acids is 3. The molecular formula is C36H56FNO6. The van der Waals surface area contributed by atoms with Crippen molar-refractivity contribution in [3.8, 4) is 0 Å². The number of allylic oxidation sites excluding steroid dienone is 4. The number of hydrogen-bond acceptors (Lipinski definition) is 7. The maximum Gasteiger partial charge on any atom is 0.306 e. The highest BCUT2D eigenvalue weighted by atomic mass is 19.1. The molecule has 44 heavy (non-hydrogen) atoms. The molecule has 4 aliphatic carbocycles. The van der Waals surface area contributed by atoms with Crippen LogP contribution in [0.4, 0.5) is 4.39 Å². The Morgan fingerprint density at radius 2 is 1.66 bits per heavy atom. The molecule has 0 aromatic carbocycles. The van der Waals surface area contributed by atoms with E-state index < -0.39 is 28.1 Å². The van der Waals surface area contributed by atoms with E-state index in [9.17, 15) is 14.4 Å². The minimum atomic E-state index is -1.50. The largest absolute Gasteiger partial charge is 0.458 e. The molecule has 8 heteroatoms. The summed E-state index contributed by atoms with van der Waals surface area (Å²) in [5, 5.41) is 0. The lowest BCUT2D eigenvalue weighted by atomic mass is 9.40. The number of ketones is 2. The lowest BCUT2D eigenvalue weighted by molar-refractivity contribution is -0.187. The quantitative estimate of drug-likeness (QED) is 0.187. The molecule has 0 aromatic rings. The normalized spacial score (nSPS) is 36.7. The van der Waals surface area contributed by atoms with Crippen LogP contribution in [0.5, 0.6) is 0 Å². The maximum atomic E-state index is 17.5. The molecule has 0 heterocycles. The number of nitrogens with two attached hydrogens (primary N) is 1. The van der Waals surface area contributed by atoms with E-state index in [4.69, 9.17) is 19.9 Å². The minimum absolute atomic E-state index is 0.0145.